The number of ether oxygens (including phenoxy) is 1. The van der Waals surface area contributed by atoms with Crippen molar-refractivity contribution in [3.63, 3.8) is 0 Å². The van der Waals surface area contributed by atoms with Crippen LogP contribution in [0, 0.1) is 10.1 Å². The van der Waals surface area contributed by atoms with Crippen molar-refractivity contribution >= 4 is 51.0 Å². The number of nitrogens with one attached hydrogen (secondary N) is 2. The lowest BCUT2D eigenvalue weighted by Gasteiger charge is -2.26. The molecule has 1 saturated heterocycles. The zero-order chi connectivity index (χ0) is 31.4. The van der Waals surface area contributed by atoms with Crippen LogP contribution >= 0.6 is 11.3 Å². The molecule has 0 aliphatic carbocycles. The third kappa shape index (κ3) is 6.63. The summed E-state index contributed by atoms with van der Waals surface area (Å²) in [6.45, 7) is 7.91. The van der Waals surface area contributed by atoms with Gasteiger partial charge in [0, 0.05) is 12.6 Å². The third-order valence-corrected chi connectivity index (χ3v) is 8.65. The van der Waals surface area contributed by atoms with Gasteiger partial charge in [-0.05, 0) is 70.0 Å². The highest BCUT2D eigenvalue weighted by molar-refractivity contribution is 7.20. The van der Waals surface area contributed by atoms with Gasteiger partial charge in [0.2, 0.25) is 0 Å². The van der Waals surface area contributed by atoms with Gasteiger partial charge in [0.1, 0.15) is 10.4 Å². The molecule has 1 fully saturated rings. The molecule has 230 valence electrons. The summed E-state index contributed by atoms with van der Waals surface area (Å²) in [5.41, 5.74) is 0.484. The molecule has 5 rings (SSSR count). The molecule has 2 aromatic heterocycles. The number of hydrogen-bond acceptors (Lipinski definition) is 9. The molecule has 1 aliphatic rings. The Bertz CT molecular complexity index is 1710. The van der Waals surface area contributed by atoms with Crippen LogP contribution in [-0.4, -0.2) is 57.2 Å². The van der Waals surface area contributed by atoms with Gasteiger partial charge in [-0.25, -0.2) is 4.79 Å². The summed E-state index contributed by atoms with van der Waals surface area (Å²) in [5.74, 6) is -1.17. The number of aromatic nitrogens is 2. The molecule has 3 heterocycles. The van der Waals surface area contributed by atoms with Gasteiger partial charge >= 0.3 is 6.09 Å². The van der Waals surface area contributed by atoms with E-state index in [4.69, 9.17) is 4.74 Å². The molecule has 2 N–H and O–H groups in total. The van der Waals surface area contributed by atoms with Crippen LogP contribution in [0.25, 0.3) is 10.2 Å². The second-order valence-corrected chi connectivity index (χ2v) is 12.2. The first-order chi connectivity index (χ1) is 21.1. The smallest absolute Gasteiger partial charge is 0.436 e. The first-order valence-electron chi connectivity index (χ1n) is 14.5. The second-order valence-electron chi connectivity index (χ2n) is 11.1. The molecule has 0 radical (unpaired) electrons. The first kappa shape index (κ1) is 30.8. The van der Waals surface area contributed by atoms with Crippen molar-refractivity contribution < 1.29 is 24.0 Å². The van der Waals surface area contributed by atoms with E-state index in [1.54, 1.807) is 13.0 Å². The van der Waals surface area contributed by atoms with Crippen LogP contribution in [0.4, 0.5) is 16.3 Å². The van der Waals surface area contributed by atoms with Crippen molar-refractivity contribution in [1.82, 2.24) is 20.0 Å². The predicted molar refractivity (Wildman–Crippen MR) is 167 cm³/mol. The van der Waals surface area contributed by atoms with E-state index >= 15 is 0 Å². The number of piperidine rings is 1. The Morgan fingerprint density at radius 1 is 1.05 bits per heavy atom. The normalized spacial score (nSPS) is 13.9. The summed E-state index contributed by atoms with van der Waals surface area (Å²) in [7, 11) is 0. The van der Waals surface area contributed by atoms with Crippen molar-refractivity contribution in [2.45, 2.75) is 52.1 Å². The molecule has 1 aliphatic heterocycles. The molecule has 0 bridgehead atoms. The maximum Gasteiger partial charge on any atom is 0.436 e. The zero-order valence-corrected chi connectivity index (χ0v) is 25.6. The van der Waals surface area contributed by atoms with E-state index < -0.39 is 22.5 Å². The monoisotopic (exact) mass is 618 g/mol. The number of hydrogen-bond donors (Lipinski definition) is 2. The lowest BCUT2D eigenvalue weighted by molar-refractivity contribution is -0.385. The fourth-order valence-corrected chi connectivity index (χ4v) is 6.26. The third-order valence-electron chi connectivity index (χ3n) is 7.54. The molecule has 4 aromatic rings. The van der Waals surface area contributed by atoms with Crippen molar-refractivity contribution in [3.8, 4) is 0 Å². The average Bonchev–Trinajstić information content (AvgIpc) is 3.59. The number of carbonyl (C=O) groups is 3. The molecule has 0 spiro atoms. The van der Waals surface area contributed by atoms with Gasteiger partial charge < -0.3 is 15.4 Å². The number of anilines is 1. The summed E-state index contributed by atoms with van der Waals surface area (Å²) >= 11 is 1.02. The van der Waals surface area contributed by atoms with Gasteiger partial charge in [-0.2, -0.15) is 4.68 Å². The maximum atomic E-state index is 13.4. The molecule has 2 amide bonds. The van der Waals surface area contributed by atoms with Gasteiger partial charge in [-0.1, -0.05) is 42.8 Å². The number of nitro benzene ring substituents is 1. The van der Waals surface area contributed by atoms with Gasteiger partial charge in [-0.3, -0.25) is 24.6 Å². The van der Waals surface area contributed by atoms with E-state index in [0.29, 0.717) is 11.9 Å². The minimum absolute atomic E-state index is 0.0256. The fraction of sp³-hybridized carbons (Fsp3) is 0.355. The Balaban J connectivity index is 1.44. The fourth-order valence-electron chi connectivity index (χ4n) is 5.26. The summed E-state index contributed by atoms with van der Waals surface area (Å²) in [4.78, 5) is 53.7. The topological polar surface area (TPSA) is 149 Å². The van der Waals surface area contributed by atoms with Crippen molar-refractivity contribution in [3.05, 3.63) is 86.3 Å². The Kier molecular flexibility index (Phi) is 9.06. The number of amides is 2. The average molecular weight is 619 g/mol. The number of fused-ring (bicyclic) bond motifs is 1. The highest BCUT2D eigenvalue weighted by Crippen LogP contribution is 2.33. The van der Waals surface area contributed by atoms with Crippen LogP contribution in [0.5, 0.6) is 0 Å². The second kappa shape index (κ2) is 12.9. The quantitative estimate of drug-likeness (QED) is 0.174. The van der Waals surface area contributed by atoms with E-state index in [0.717, 1.165) is 53.1 Å². The lowest BCUT2D eigenvalue weighted by Crippen LogP contribution is -2.40. The van der Waals surface area contributed by atoms with Gasteiger partial charge in [-0.15, -0.1) is 16.4 Å². The van der Waals surface area contributed by atoms with E-state index in [1.165, 1.54) is 24.6 Å². The minimum atomic E-state index is -0.788. The Labute approximate surface area is 258 Å². The summed E-state index contributed by atoms with van der Waals surface area (Å²) in [5, 5.41) is 22.2. The minimum Gasteiger partial charge on any atom is -0.448 e. The molecule has 13 heteroatoms. The number of thiophene rings is 1. The number of nitrogens with zero attached hydrogens (tertiary/aromatic N) is 4. The SMILES string of the molecule is CCOC(=O)n1nc(NC(=O)c2ccc(CN3CCCCC3)cc2[N+](=O)[O-])c2cc(C(=O)NC(C)(C)c3ccccc3)sc21. The van der Waals surface area contributed by atoms with E-state index in [9.17, 15) is 24.5 Å². The van der Waals surface area contributed by atoms with Crippen molar-refractivity contribution in [2.24, 2.45) is 0 Å². The molecule has 44 heavy (non-hydrogen) atoms. The van der Waals surface area contributed by atoms with Crippen molar-refractivity contribution in [1.29, 1.82) is 0 Å². The number of rotatable bonds is 9. The molecule has 0 saturated carbocycles. The number of carbonyl (C=O) groups excluding carboxylic acids is 3. The molecule has 0 unspecified atom stereocenters. The molecular formula is C31H34N6O6S. The molecule has 0 atom stereocenters. The Hall–Kier alpha value is -4.62. The zero-order valence-electron chi connectivity index (χ0n) is 24.8. The Morgan fingerprint density at radius 2 is 1.77 bits per heavy atom. The van der Waals surface area contributed by atoms with Crippen LogP contribution in [0.2, 0.25) is 0 Å². The highest BCUT2D eigenvalue weighted by atomic mass is 32.1. The van der Waals surface area contributed by atoms with Crippen LogP contribution in [0.15, 0.2) is 54.6 Å². The van der Waals surface area contributed by atoms with E-state index in [2.05, 4.69) is 20.6 Å². The van der Waals surface area contributed by atoms with Crippen LogP contribution < -0.4 is 10.6 Å². The van der Waals surface area contributed by atoms with Gasteiger partial charge in [0.25, 0.3) is 17.5 Å². The van der Waals surface area contributed by atoms with E-state index in [1.807, 2.05) is 44.2 Å². The highest BCUT2D eigenvalue weighted by Gasteiger charge is 2.29. The number of benzene rings is 2. The number of nitro groups is 1. The molecule has 12 nitrogen and oxygen atoms in total. The Morgan fingerprint density at radius 3 is 2.45 bits per heavy atom. The first-order valence-corrected chi connectivity index (χ1v) is 15.3. The summed E-state index contributed by atoms with van der Waals surface area (Å²) in [6, 6.07) is 15.6. The standard InChI is InChI=1S/C31H34N6O6S/c1-4-43-30(40)36-29-23(18-25(44-29)28(39)33-31(2,3)21-11-7-5-8-12-21)26(34-36)32-27(38)22-14-13-20(17-24(22)37(41)42)19-35-15-9-6-10-16-35/h5,7-8,11-14,17-18H,4,6,9-10,15-16,19H2,1-3H3,(H,33,39)(H,32,34,38). The summed E-state index contributed by atoms with van der Waals surface area (Å²) < 4.78 is 6.12. The molecular weight excluding hydrogens is 584 g/mol. The van der Waals surface area contributed by atoms with E-state index in [-0.39, 0.29) is 39.3 Å². The van der Waals surface area contributed by atoms with Gasteiger partial charge in [0.15, 0.2) is 5.82 Å². The van der Waals surface area contributed by atoms with Crippen LogP contribution in [0.1, 0.15) is 71.2 Å². The predicted octanol–water partition coefficient (Wildman–Crippen LogP) is 5.91. The molecule has 2 aromatic carbocycles. The van der Waals surface area contributed by atoms with Crippen molar-refractivity contribution in [2.75, 3.05) is 25.0 Å². The number of likely N-dealkylation sites (tertiary alicyclic amines) is 1. The lowest BCUT2D eigenvalue weighted by atomic mass is 9.94. The van der Waals surface area contributed by atoms with Gasteiger partial charge in [0.05, 0.1) is 27.3 Å². The summed E-state index contributed by atoms with van der Waals surface area (Å²) in [6.07, 6.45) is 2.57. The van der Waals surface area contributed by atoms with Crippen LogP contribution in [-0.2, 0) is 16.8 Å². The largest absolute Gasteiger partial charge is 0.448 e. The maximum absolute atomic E-state index is 13.4. The van der Waals surface area contributed by atoms with Crippen LogP contribution in [0.3, 0.4) is 0 Å².